The molecule has 0 unspecified atom stereocenters. The lowest BCUT2D eigenvalue weighted by atomic mass is 10.0. The molecule has 46 heavy (non-hydrogen) atoms. The molecule has 0 aliphatic rings. The van der Waals surface area contributed by atoms with Crippen molar-refractivity contribution in [2.24, 2.45) is 0 Å². The standard InChI is InChI=1S/C40H29N3O2S/c44-37-24-11-10-23-34(37)39-40(45-32-20-8-3-9-21-32)36(43(30-16-4-1-5-17-30)31-18-6-2-7-19-31)28-35(42-39)29-15-14-22-33(27-29)46-38-25-12-13-26-41-38/h1-28,44H. The number of ether oxygens (including phenoxy) is 1. The molecular weight excluding hydrogens is 587 g/mol. The van der Waals surface area contributed by atoms with E-state index in [4.69, 9.17) is 9.72 Å². The molecule has 1 N–H and O–H groups in total. The molecule has 5 aromatic carbocycles. The zero-order valence-electron chi connectivity index (χ0n) is 24.8. The van der Waals surface area contributed by atoms with Gasteiger partial charge in [0.05, 0.1) is 11.4 Å². The summed E-state index contributed by atoms with van der Waals surface area (Å²) in [5.74, 6) is 1.29. The molecule has 5 nitrogen and oxygen atoms in total. The highest BCUT2D eigenvalue weighted by Crippen LogP contribution is 2.49. The van der Waals surface area contributed by atoms with Gasteiger partial charge in [0, 0.05) is 33.6 Å². The Morgan fingerprint density at radius 3 is 1.93 bits per heavy atom. The minimum Gasteiger partial charge on any atom is -0.507 e. The van der Waals surface area contributed by atoms with E-state index < -0.39 is 0 Å². The van der Waals surface area contributed by atoms with Crippen LogP contribution in [0.15, 0.2) is 180 Å². The number of aromatic nitrogens is 2. The van der Waals surface area contributed by atoms with Gasteiger partial charge in [-0.3, -0.25) is 0 Å². The van der Waals surface area contributed by atoms with Gasteiger partial charge in [-0.1, -0.05) is 96.7 Å². The van der Waals surface area contributed by atoms with Crippen LogP contribution in [-0.4, -0.2) is 15.1 Å². The molecule has 222 valence electrons. The van der Waals surface area contributed by atoms with Gasteiger partial charge in [-0.25, -0.2) is 9.97 Å². The molecule has 0 saturated heterocycles. The van der Waals surface area contributed by atoms with Gasteiger partial charge in [0.1, 0.15) is 22.2 Å². The number of aromatic hydroxyl groups is 1. The Labute approximate surface area is 272 Å². The van der Waals surface area contributed by atoms with Crippen LogP contribution < -0.4 is 9.64 Å². The number of nitrogens with zero attached hydrogens (tertiary/aromatic N) is 3. The monoisotopic (exact) mass is 615 g/mol. The number of phenolic OH excluding ortho intramolecular Hbond substituents is 1. The number of para-hydroxylation sites is 4. The third kappa shape index (κ3) is 6.34. The van der Waals surface area contributed by atoms with Crippen molar-refractivity contribution in [2.75, 3.05) is 4.90 Å². The summed E-state index contributed by atoms with van der Waals surface area (Å²) < 4.78 is 6.74. The zero-order valence-corrected chi connectivity index (χ0v) is 25.6. The fraction of sp³-hybridized carbons (Fsp3) is 0. The molecule has 0 radical (unpaired) electrons. The highest BCUT2D eigenvalue weighted by molar-refractivity contribution is 7.99. The molecule has 7 aromatic rings. The number of benzene rings is 5. The Balaban J connectivity index is 1.50. The Morgan fingerprint density at radius 2 is 1.26 bits per heavy atom. The van der Waals surface area contributed by atoms with Gasteiger partial charge in [-0.2, -0.15) is 0 Å². The summed E-state index contributed by atoms with van der Waals surface area (Å²) in [5, 5.41) is 12.1. The topological polar surface area (TPSA) is 58.5 Å². The number of phenols is 1. The first kappa shape index (κ1) is 28.9. The van der Waals surface area contributed by atoms with Crippen molar-refractivity contribution in [2.45, 2.75) is 9.92 Å². The molecule has 0 bridgehead atoms. The van der Waals surface area contributed by atoms with Crippen LogP contribution in [0.3, 0.4) is 0 Å². The average Bonchev–Trinajstić information content (AvgIpc) is 3.11. The van der Waals surface area contributed by atoms with E-state index in [2.05, 4.69) is 58.4 Å². The summed E-state index contributed by atoms with van der Waals surface area (Å²) in [5.41, 5.74) is 5.41. The molecule has 0 spiro atoms. The molecule has 0 aliphatic carbocycles. The van der Waals surface area contributed by atoms with Crippen LogP contribution in [0.4, 0.5) is 17.1 Å². The van der Waals surface area contributed by atoms with Gasteiger partial charge in [0.25, 0.3) is 0 Å². The molecule has 0 fully saturated rings. The number of rotatable bonds is 9. The van der Waals surface area contributed by atoms with Gasteiger partial charge >= 0.3 is 0 Å². The second-order valence-corrected chi connectivity index (χ2v) is 11.5. The number of hydrogen-bond acceptors (Lipinski definition) is 6. The molecular formula is C40H29N3O2S. The van der Waals surface area contributed by atoms with E-state index in [0.29, 0.717) is 22.8 Å². The van der Waals surface area contributed by atoms with Crippen LogP contribution in [-0.2, 0) is 0 Å². The molecule has 2 heterocycles. The summed E-state index contributed by atoms with van der Waals surface area (Å²) in [4.78, 5) is 12.9. The van der Waals surface area contributed by atoms with Crippen molar-refractivity contribution in [1.82, 2.24) is 9.97 Å². The van der Waals surface area contributed by atoms with E-state index in [1.165, 1.54) is 0 Å². The Hall–Kier alpha value is -5.85. The molecule has 7 rings (SSSR count). The second-order valence-electron chi connectivity index (χ2n) is 10.4. The summed E-state index contributed by atoms with van der Waals surface area (Å²) >= 11 is 1.59. The highest BCUT2D eigenvalue weighted by Gasteiger charge is 2.25. The maximum Gasteiger partial charge on any atom is 0.177 e. The predicted octanol–water partition coefficient (Wildman–Crippen LogP) is 10.9. The van der Waals surface area contributed by atoms with Gasteiger partial charge in [-0.05, 0) is 78.9 Å². The zero-order chi connectivity index (χ0) is 31.1. The van der Waals surface area contributed by atoms with Crippen molar-refractivity contribution in [3.05, 3.63) is 170 Å². The van der Waals surface area contributed by atoms with E-state index >= 15 is 0 Å². The van der Waals surface area contributed by atoms with Crippen LogP contribution >= 0.6 is 11.8 Å². The van der Waals surface area contributed by atoms with Gasteiger partial charge < -0.3 is 14.7 Å². The minimum atomic E-state index is 0.112. The van der Waals surface area contributed by atoms with Crippen molar-refractivity contribution in [3.8, 4) is 39.8 Å². The molecule has 6 heteroatoms. The average molecular weight is 616 g/mol. The van der Waals surface area contributed by atoms with Crippen LogP contribution in [0, 0.1) is 0 Å². The Morgan fingerprint density at radius 1 is 0.609 bits per heavy atom. The summed E-state index contributed by atoms with van der Waals surface area (Å²) in [6, 6.07) is 53.5. The minimum absolute atomic E-state index is 0.112. The molecule has 2 aromatic heterocycles. The first-order valence-electron chi connectivity index (χ1n) is 14.9. The fourth-order valence-electron chi connectivity index (χ4n) is 5.23. The van der Waals surface area contributed by atoms with Crippen molar-refractivity contribution in [1.29, 1.82) is 0 Å². The van der Waals surface area contributed by atoms with Crippen LogP contribution in [0.5, 0.6) is 17.2 Å². The molecule has 0 saturated carbocycles. The van der Waals surface area contributed by atoms with Crippen LogP contribution in [0.1, 0.15) is 0 Å². The lowest BCUT2D eigenvalue weighted by molar-refractivity contribution is 0.471. The first-order chi connectivity index (χ1) is 22.7. The van der Waals surface area contributed by atoms with E-state index in [1.54, 1.807) is 30.1 Å². The van der Waals surface area contributed by atoms with E-state index in [1.807, 2.05) is 103 Å². The van der Waals surface area contributed by atoms with Crippen LogP contribution in [0.25, 0.3) is 22.5 Å². The Bertz CT molecular complexity index is 2020. The van der Waals surface area contributed by atoms with E-state index in [0.717, 1.165) is 38.2 Å². The maximum atomic E-state index is 11.2. The molecule has 0 aliphatic heterocycles. The van der Waals surface area contributed by atoms with Gasteiger partial charge in [0.15, 0.2) is 5.75 Å². The number of hydrogen-bond donors (Lipinski definition) is 1. The predicted molar refractivity (Wildman–Crippen MR) is 186 cm³/mol. The lowest BCUT2D eigenvalue weighted by Gasteiger charge is -2.29. The fourth-order valence-corrected chi connectivity index (χ4v) is 6.06. The normalized spacial score (nSPS) is 10.8. The third-order valence-electron chi connectivity index (χ3n) is 7.34. The maximum absolute atomic E-state index is 11.2. The largest absolute Gasteiger partial charge is 0.507 e. The molecule has 0 atom stereocenters. The Kier molecular flexibility index (Phi) is 8.43. The summed E-state index contributed by atoms with van der Waals surface area (Å²) in [6.45, 7) is 0. The highest BCUT2D eigenvalue weighted by atomic mass is 32.2. The van der Waals surface area contributed by atoms with Crippen molar-refractivity contribution in [3.63, 3.8) is 0 Å². The van der Waals surface area contributed by atoms with Crippen LogP contribution in [0.2, 0.25) is 0 Å². The van der Waals surface area contributed by atoms with Crippen molar-refractivity contribution < 1.29 is 9.84 Å². The molecule has 0 amide bonds. The summed E-state index contributed by atoms with van der Waals surface area (Å²) in [7, 11) is 0. The summed E-state index contributed by atoms with van der Waals surface area (Å²) in [6.07, 6.45) is 1.80. The second kappa shape index (κ2) is 13.4. The van der Waals surface area contributed by atoms with Gasteiger partial charge in [-0.15, -0.1) is 0 Å². The van der Waals surface area contributed by atoms with Crippen molar-refractivity contribution >= 4 is 28.8 Å². The number of anilines is 3. The quantitative estimate of drug-likeness (QED) is 0.174. The van der Waals surface area contributed by atoms with E-state index in [-0.39, 0.29) is 5.75 Å². The lowest BCUT2D eigenvalue weighted by Crippen LogP contribution is -2.12. The number of pyridine rings is 2. The van der Waals surface area contributed by atoms with E-state index in [9.17, 15) is 5.11 Å². The smallest absolute Gasteiger partial charge is 0.177 e. The third-order valence-corrected chi connectivity index (χ3v) is 8.28. The first-order valence-corrected chi connectivity index (χ1v) is 15.7. The van der Waals surface area contributed by atoms with Gasteiger partial charge in [0.2, 0.25) is 0 Å². The SMILES string of the molecule is Oc1ccccc1-c1nc(-c2cccc(Sc3ccccn3)c2)cc(N(c2ccccc2)c2ccccc2)c1Oc1ccccc1.